The molecule has 0 saturated heterocycles. The highest BCUT2D eigenvalue weighted by Crippen LogP contribution is 2.35. The fraction of sp³-hybridized carbons (Fsp3) is 0.333. The van der Waals surface area contributed by atoms with Crippen molar-refractivity contribution in [3.63, 3.8) is 0 Å². The van der Waals surface area contributed by atoms with Gasteiger partial charge in [0.15, 0.2) is 11.5 Å². The van der Waals surface area contributed by atoms with Crippen LogP contribution in [0.15, 0.2) is 47.4 Å². The third kappa shape index (κ3) is 4.42. The van der Waals surface area contributed by atoms with Crippen molar-refractivity contribution in [2.45, 2.75) is 36.3 Å². The summed E-state index contributed by atoms with van der Waals surface area (Å²) in [6, 6.07) is 13.0. The number of thioether (sulfide) groups is 1. The number of fused-ring (bicyclic) bond motifs is 1. The molecule has 2 aliphatic rings. The van der Waals surface area contributed by atoms with Crippen molar-refractivity contribution in [1.82, 2.24) is 0 Å². The molecule has 6 nitrogen and oxygen atoms in total. The Kier molecular flexibility index (Phi) is 5.43. The van der Waals surface area contributed by atoms with Gasteiger partial charge in [-0.15, -0.1) is 11.8 Å². The Bertz CT molecular complexity index is 898. The van der Waals surface area contributed by atoms with Crippen LogP contribution in [0.1, 0.15) is 26.2 Å². The summed E-state index contributed by atoms with van der Waals surface area (Å²) in [5, 5.41) is 5.65. The number of hydrogen-bond acceptors (Lipinski definition) is 5. The Morgan fingerprint density at radius 1 is 1.07 bits per heavy atom. The van der Waals surface area contributed by atoms with Crippen LogP contribution in [0.2, 0.25) is 0 Å². The van der Waals surface area contributed by atoms with Crippen molar-refractivity contribution < 1.29 is 19.1 Å². The first-order valence-corrected chi connectivity index (χ1v) is 10.3. The van der Waals surface area contributed by atoms with E-state index in [1.165, 1.54) is 11.8 Å². The first-order chi connectivity index (χ1) is 13.6. The highest BCUT2D eigenvalue weighted by molar-refractivity contribution is 8.00. The average molecular weight is 398 g/mol. The second kappa shape index (κ2) is 8.14. The van der Waals surface area contributed by atoms with Crippen LogP contribution in [0.4, 0.5) is 11.4 Å². The predicted molar refractivity (Wildman–Crippen MR) is 109 cm³/mol. The minimum Gasteiger partial charge on any atom is -0.454 e. The van der Waals surface area contributed by atoms with Gasteiger partial charge in [-0.05, 0) is 49.6 Å². The number of benzene rings is 2. The zero-order chi connectivity index (χ0) is 19.5. The molecule has 0 radical (unpaired) electrons. The number of hydrogen-bond donors (Lipinski definition) is 2. The molecule has 1 unspecified atom stereocenters. The van der Waals surface area contributed by atoms with Crippen LogP contribution in [-0.2, 0) is 9.59 Å². The molecule has 1 atom stereocenters. The maximum absolute atomic E-state index is 12.7. The number of rotatable bonds is 7. The third-order valence-electron chi connectivity index (χ3n) is 4.63. The molecule has 0 spiro atoms. The lowest BCUT2D eigenvalue weighted by Crippen LogP contribution is -2.24. The Balaban J connectivity index is 1.39. The van der Waals surface area contributed by atoms with E-state index >= 15 is 0 Å². The highest BCUT2D eigenvalue weighted by Gasteiger charge is 2.29. The Morgan fingerprint density at radius 3 is 2.64 bits per heavy atom. The van der Waals surface area contributed by atoms with E-state index in [4.69, 9.17) is 9.47 Å². The molecule has 2 aromatic carbocycles. The number of ether oxygens (including phenoxy) is 2. The molecule has 146 valence electrons. The number of amides is 2. The second-order valence-corrected chi connectivity index (χ2v) is 8.14. The van der Waals surface area contributed by atoms with E-state index < -0.39 is 0 Å². The quantitative estimate of drug-likeness (QED) is 0.681. The Hall–Kier alpha value is -2.67. The highest BCUT2D eigenvalue weighted by atomic mass is 32.2. The number of anilines is 2. The van der Waals surface area contributed by atoms with Crippen molar-refractivity contribution >= 4 is 35.0 Å². The second-order valence-electron chi connectivity index (χ2n) is 6.86. The van der Waals surface area contributed by atoms with E-state index in [2.05, 4.69) is 10.6 Å². The Morgan fingerprint density at radius 2 is 1.86 bits per heavy atom. The van der Waals surface area contributed by atoms with Gasteiger partial charge in [0.1, 0.15) is 0 Å². The maximum atomic E-state index is 12.7. The Labute approximate surface area is 168 Å². The minimum atomic E-state index is -0.250. The van der Waals surface area contributed by atoms with Crippen molar-refractivity contribution in [2.75, 3.05) is 17.4 Å². The monoisotopic (exact) mass is 398 g/mol. The van der Waals surface area contributed by atoms with Gasteiger partial charge in [0.05, 0.1) is 5.25 Å². The lowest BCUT2D eigenvalue weighted by Gasteiger charge is -2.15. The van der Waals surface area contributed by atoms with Crippen molar-refractivity contribution in [1.29, 1.82) is 0 Å². The number of carbonyl (C=O) groups is 2. The SMILES string of the molecule is CCC(Sc1cccc(NC(=O)C2CC2)c1)C(=O)Nc1ccc2c(c1)OCO2. The van der Waals surface area contributed by atoms with E-state index in [0.717, 1.165) is 23.4 Å². The van der Waals surface area contributed by atoms with Gasteiger partial charge in [0.2, 0.25) is 18.6 Å². The van der Waals surface area contributed by atoms with Crippen LogP contribution in [0.3, 0.4) is 0 Å². The van der Waals surface area contributed by atoms with E-state index in [-0.39, 0.29) is 29.8 Å². The van der Waals surface area contributed by atoms with E-state index in [9.17, 15) is 9.59 Å². The molecule has 4 rings (SSSR count). The molecule has 28 heavy (non-hydrogen) atoms. The first kappa shape index (κ1) is 18.7. The van der Waals surface area contributed by atoms with Crippen LogP contribution in [-0.4, -0.2) is 23.9 Å². The molecule has 2 amide bonds. The van der Waals surface area contributed by atoms with E-state index in [1.807, 2.05) is 31.2 Å². The molecule has 0 bridgehead atoms. The smallest absolute Gasteiger partial charge is 0.237 e. The molecule has 1 aliphatic carbocycles. The van der Waals surface area contributed by atoms with Gasteiger partial charge in [-0.2, -0.15) is 0 Å². The first-order valence-electron chi connectivity index (χ1n) is 9.40. The van der Waals surface area contributed by atoms with Crippen molar-refractivity contribution in [3.05, 3.63) is 42.5 Å². The summed E-state index contributed by atoms with van der Waals surface area (Å²) >= 11 is 1.49. The minimum absolute atomic E-state index is 0.0706. The molecule has 1 saturated carbocycles. The standard InChI is InChI=1S/C21H22N2O4S/c1-2-19(21(25)23-15-8-9-17-18(11-15)27-12-26-17)28-16-5-3-4-14(10-16)22-20(24)13-6-7-13/h3-5,8-11,13,19H,2,6-7,12H2,1H3,(H,22,24)(H,23,25). The van der Waals surface area contributed by atoms with Crippen LogP contribution < -0.4 is 20.1 Å². The van der Waals surface area contributed by atoms with Crippen molar-refractivity contribution in [3.8, 4) is 11.5 Å². The molecule has 0 aromatic heterocycles. The molecule has 2 N–H and O–H groups in total. The normalized spacial score (nSPS) is 15.8. The fourth-order valence-corrected chi connectivity index (χ4v) is 3.93. The summed E-state index contributed by atoms with van der Waals surface area (Å²) in [5.74, 6) is 1.49. The predicted octanol–water partition coefficient (Wildman–Crippen LogP) is 4.27. The number of carbonyl (C=O) groups excluding carboxylic acids is 2. The lowest BCUT2D eigenvalue weighted by atomic mass is 10.2. The summed E-state index contributed by atoms with van der Waals surface area (Å²) in [6.45, 7) is 2.18. The summed E-state index contributed by atoms with van der Waals surface area (Å²) in [6.07, 6.45) is 2.62. The summed E-state index contributed by atoms with van der Waals surface area (Å²) in [4.78, 5) is 25.6. The summed E-state index contributed by atoms with van der Waals surface area (Å²) < 4.78 is 10.7. The molecule has 1 aliphatic heterocycles. The van der Waals surface area contributed by atoms with Gasteiger partial charge in [-0.25, -0.2) is 0 Å². The third-order valence-corrected chi connectivity index (χ3v) is 5.99. The lowest BCUT2D eigenvalue weighted by molar-refractivity contribution is -0.117. The van der Waals surface area contributed by atoms with Gasteiger partial charge in [-0.1, -0.05) is 13.0 Å². The topological polar surface area (TPSA) is 76.7 Å². The maximum Gasteiger partial charge on any atom is 0.237 e. The van der Waals surface area contributed by atoms with Gasteiger partial charge in [-0.3, -0.25) is 9.59 Å². The summed E-state index contributed by atoms with van der Waals surface area (Å²) in [5.41, 5.74) is 1.45. The molecule has 2 aromatic rings. The van der Waals surface area contributed by atoms with Crippen LogP contribution in [0.25, 0.3) is 0 Å². The van der Waals surface area contributed by atoms with Gasteiger partial charge < -0.3 is 20.1 Å². The van der Waals surface area contributed by atoms with E-state index in [1.54, 1.807) is 18.2 Å². The molecular formula is C21H22N2O4S. The fourth-order valence-electron chi connectivity index (χ4n) is 2.92. The number of nitrogens with one attached hydrogen (secondary N) is 2. The zero-order valence-electron chi connectivity index (χ0n) is 15.6. The summed E-state index contributed by atoms with van der Waals surface area (Å²) in [7, 11) is 0. The zero-order valence-corrected chi connectivity index (χ0v) is 16.4. The van der Waals surface area contributed by atoms with Crippen LogP contribution in [0.5, 0.6) is 11.5 Å². The van der Waals surface area contributed by atoms with E-state index in [0.29, 0.717) is 23.6 Å². The molecule has 7 heteroatoms. The van der Waals surface area contributed by atoms with Crippen LogP contribution >= 0.6 is 11.8 Å². The van der Waals surface area contributed by atoms with Gasteiger partial charge in [0.25, 0.3) is 0 Å². The average Bonchev–Trinajstić information content (AvgIpc) is 3.44. The van der Waals surface area contributed by atoms with Gasteiger partial charge >= 0.3 is 0 Å². The largest absolute Gasteiger partial charge is 0.454 e. The molecule has 1 fully saturated rings. The molecular weight excluding hydrogens is 376 g/mol. The molecule has 1 heterocycles. The van der Waals surface area contributed by atoms with Crippen LogP contribution in [0, 0.1) is 5.92 Å². The van der Waals surface area contributed by atoms with Gasteiger partial charge in [0, 0.05) is 28.3 Å². The van der Waals surface area contributed by atoms with Crippen molar-refractivity contribution in [2.24, 2.45) is 5.92 Å².